The average molecular weight is 423 g/mol. The van der Waals surface area contributed by atoms with Gasteiger partial charge in [0.25, 0.3) is 0 Å². The zero-order valence-corrected chi connectivity index (χ0v) is 17.3. The first-order valence-corrected chi connectivity index (χ1v) is 11.1. The van der Waals surface area contributed by atoms with Crippen molar-refractivity contribution in [3.05, 3.63) is 42.0 Å². The molecule has 7 nitrogen and oxygen atoms in total. The van der Waals surface area contributed by atoms with Crippen molar-refractivity contribution in [2.24, 2.45) is 0 Å². The maximum atomic E-state index is 11.8. The molecule has 4 heterocycles. The second-order valence-electron chi connectivity index (χ2n) is 7.98. The zero-order chi connectivity index (χ0) is 20.1. The van der Waals surface area contributed by atoms with Crippen molar-refractivity contribution in [2.75, 3.05) is 49.5 Å². The number of amides is 1. The Morgan fingerprint density at radius 1 is 1.13 bits per heavy atom. The van der Waals surface area contributed by atoms with Gasteiger partial charge < -0.3 is 19.7 Å². The molecule has 2 aromatic carbocycles. The molecule has 0 aliphatic carbocycles. The van der Waals surface area contributed by atoms with Crippen LogP contribution in [-0.2, 0) is 11.2 Å². The Hall–Kier alpha value is -2.84. The highest BCUT2D eigenvalue weighted by atomic mass is 32.1. The highest BCUT2D eigenvalue weighted by molar-refractivity contribution is 7.13. The lowest BCUT2D eigenvalue weighted by molar-refractivity contribution is -0.115. The summed E-state index contributed by atoms with van der Waals surface area (Å²) in [5, 5.41) is 4.12. The number of rotatable bonds is 3. The van der Waals surface area contributed by atoms with E-state index in [1.54, 1.807) is 11.5 Å². The summed E-state index contributed by atoms with van der Waals surface area (Å²) >= 11 is 1.57. The van der Waals surface area contributed by atoms with E-state index in [0.29, 0.717) is 13.0 Å². The van der Waals surface area contributed by atoms with Crippen LogP contribution in [0.4, 0.5) is 11.5 Å². The molecule has 1 N–H and O–H groups in total. The standard InChI is InChI=1S/C22H22N4O3S/c27-20-11-16-17(23-20)5-6-18-21(16)29-14(13-28-18)12-25-7-9-26(10-8-25)22-15-3-1-2-4-19(15)30-24-22/h1-6,14H,7-13H2,(H,23,27). The van der Waals surface area contributed by atoms with Crippen LogP contribution in [0.25, 0.3) is 10.1 Å². The van der Waals surface area contributed by atoms with Crippen LogP contribution in [0.3, 0.4) is 0 Å². The number of carbonyl (C=O) groups excluding carboxylic acids is 1. The summed E-state index contributed by atoms with van der Waals surface area (Å²) in [5.41, 5.74) is 1.76. The van der Waals surface area contributed by atoms with E-state index in [0.717, 1.165) is 61.3 Å². The molecular weight excluding hydrogens is 400 g/mol. The number of aromatic nitrogens is 1. The van der Waals surface area contributed by atoms with Gasteiger partial charge in [0.1, 0.15) is 18.5 Å². The number of benzene rings is 2. The molecule has 0 radical (unpaired) electrons. The molecule has 0 saturated carbocycles. The molecule has 30 heavy (non-hydrogen) atoms. The number of nitrogens with zero attached hydrogens (tertiary/aromatic N) is 3. The van der Waals surface area contributed by atoms with E-state index in [4.69, 9.17) is 13.8 Å². The van der Waals surface area contributed by atoms with Gasteiger partial charge in [-0.2, -0.15) is 4.37 Å². The minimum atomic E-state index is -0.0358. The Bertz CT molecular complexity index is 1120. The summed E-state index contributed by atoms with van der Waals surface area (Å²) < 4.78 is 18.2. The Kier molecular flexibility index (Phi) is 4.28. The summed E-state index contributed by atoms with van der Waals surface area (Å²) in [4.78, 5) is 16.6. The number of hydrogen-bond donors (Lipinski definition) is 1. The summed E-state index contributed by atoms with van der Waals surface area (Å²) in [5.74, 6) is 2.58. The maximum Gasteiger partial charge on any atom is 0.229 e. The van der Waals surface area contributed by atoms with Crippen molar-refractivity contribution < 1.29 is 14.3 Å². The van der Waals surface area contributed by atoms with E-state index in [2.05, 4.69) is 39.4 Å². The van der Waals surface area contributed by atoms with Gasteiger partial charge in [0.05, 0.1) is 11.1 Å². The lowest BCUT2D eigenvalue weighted by Gasteiger charge is -2.37. The summed E-state index contributed by atoms with van der Waals surface area (Å²) in [7, 11) is 0. The van der Waals surface area contributed by atoms with Crippen molar-refractivity contribution >= 4 is 39.0 Å². The van der Waals surface area contributed by atoms with E-state index in [1.807, 2.05) is 12.1 Å². The number of ether oxygens (including phenoxy) is 2. The number of nitrogens with one attached hydrogen (secondary N) is 1. The molecule has 3 aliphatic heterocycles. The third-order valence-corrected chi connectivity index (χ3v) is 6.85. The van der Waals surface area contributed by atoms with Crippen LogP contribution in [0.1, 0.15) is 5.56 Å². The van der Waals surface area contributed by atoms with E-state index >= 15 is 0 Å². The first-order valence-electron chi connectivity index (χ1n) is 10.3. The molecule has 0 bridgehead atoms. The molecule has 1 saturated heterocycles. The van der Waals surface area contributed by atoms with Gasteiger partial charge in [0.15, 0.2) is 11.5 Å². The molecule has 8 heteroatoms. The number of fused-ring (bicyclic) bond motifs is 4. The van der Waals surface area contributed by atoms with Gasteiger partial charge in [-0.1, -0.05) is 12.1 Å². The second-order valence-corrected chi connectivity index (χ2v) is 8.79. The zero-order valence-electron chi connectivity index (χ0n) is 16.5. The molecule has 1 aromatic heterocycles. The Balaban J connectivity index is 1.11. The van der Waals surface area contributed by atoms with Crippen LogP contribution in [-0.4, -0.2) is 60.6 Å². The van der Waals surface area contributed by atoms with Crippen LogP contribution in [0.15, 0.2) is 36.4 Å². The minimum absolute atomic E-state index is 0.00908. The van der Waals surface area contributed by atoms with Crippen molar-refractivity contribution in [1.82, 2.24) is 9.27 Å². The first kappa shape index (κ1) is 18.0. The molecule has 1 fully saturated rings. The molecular formula is C22H22N4O3S. The number of hydrogen-bond acceptors (Lipinski definition) is 7. The molecule has 6 rings (SSSR count). The van der Waals surface area contributed by atoms with Crippen molar-refractivity contribution in [3.8, 4) is 11.5 Å². The SMILES string of the molecule is O=C1Cc2c(ccc3c2OC(CN2CCN(c4nsc5ccccc45)CC2)CO3)N1. The fourth-order valence-electron chi connectivity index (χ4n) is 4.50. The van der Waals surface area contributed by atoms with E-state index < -0.39 is 0 Å². The van der Waals surface area contributed by atoms with E-state index in [9.17, 15) is 4.79 Å². The molecule has 1 unspecified atom stereocenters. The minimum Gasteiger partial charge on any atom is -0.486 e. The smallest absolute Gasteiger partial charge is 0.229 e. The third kappa shape index (κ3) is 3.07. The van der Waals surface area contributed by atoms with Crippen molar-refractivity contribution in [2.45, 2.75) is 12.5 Å². The second kappa shape index (κ2) is 7.14. The van der Waals surface area contributed by atoms with Crippen LogP contribution < -0.4 is 19.7 Å². The largest absolute Gasteiger partial charge is 0.486 e. The van der Waals surface area contributed by atoms with Crippen LogP contribution in [0, 0.1) is 0 Å². The summed E-state index contributed by atoms with van der Waals surface area (Å²) in [6.45, 7) is 5.18. The lowest BCUT2D eigenvalue weighted by Crippen LogP contribution is -2.50. The Morgan fingerprint density at radius 3 is 2.90 bits per heavy atom. The topological polar surface area (TPSA) is 66.9 Å². The van der Waals surface area contributed by atoms with Crippen LogP contribution in [0.2, 0.25) is 0 Å². The van der Waals surface area contributed by atoms with Gasteiger partial charge in [0.2, 0.25) is 5.91 Å². The normalized spacial score (nSPS) is 21.0. The van der Waals surface area contributed by atoms with Gasteiger partial charge in [-0.05, 0) is 35.8 Å². The molecule has 3 aromatic rings. The fraction of sp³-hybridized carbons (Fsp3) is 0.364. The molecule has 1 amide bonds. The summed E-state index contributed by atoms with van der Waals surface area (Å²) in [6, 6.07) is 12.2. The van der Waals surface area contributed by atoms with Crippen molar-refractivity contribution in [3.63, 3.8) is 0 Å². The van der Waals surface area contributed by atoms with Crippen LogP contribution >= 0.6 is 11.5 Å². The number of anilines is 2. The number of piperazine rings is 1. The van der Waals surface area contributed by atoms with E-state index in [1.165, 1.54) is 10.1 Å². The van der Waals surface area contributed by atoms with E-state index in [-0.39, 0.29) is 12.0 Å². The fourth-order valence-corrected chi connectivity index (χ4v) is 5.30. The number of carbonyl (C=O) groups is 1. The van der Waals surface area contributed by atoms with Gasteiger partial charge in [-0.25, -0.2) is 0 Å². The predicted octanol–water partition coefficient (Wildman–Crippen LogP) is 2.75. The van der Waals surface area contributed by atoms with Crippen molar-refractivity contribution in [1.29, 1.82) is 0 Å². The van der Waals surface area contributed by atoms with Gasteiger partial charge in [-0.15, -0.1) is 0 Å². The van der Waals surface area contributed by atoms with Crippen LogP contribution in [0.5, 0.6) is 11.5 Å². The quantitative estimate of drug-likeness (QED) is 0.700. The monoisotopic (exact) mass is 422 g/mol. The predicted molar refractivity (Wildman–Crippen MR) is 117 cm³/mol. The third-order valence-electron chi connectivity index (χ3n) is 6.04. The van der Waals surface area contributed by atoms with Gasteiger partial charge >= 0.3 is 0 Å². The highest BCUT2D eigenvalue weighted by Gasteiger charge is 2.31. The Labute approximate surface area is 178 Å². The lowest BCUT2D eigenvalue weighted by atomic mass is 10.1. The summed E-state index contributed by atoms with van der Waals surface area (Å²) in [6.07, 6.45) is 0.320. The first-order chi connectivity index (χ1) is 14.7. The maximum absolute atomic E-state index is 11.8. The van der Waals surface area contributed by atoms with Gasteiger partial charge in [0, 0.05) is 49.4 Å². The molecule has 3 aliphatic rings. The average Bonchev–Trinajstić information content (AvgIpc) is 3.37. The Morgan fingerprint density at radius 2 is 2.00 bits per heavy atom. The molecule has 1 atom stereocenters. The highest BCUT2D eigenvalue weighted by Crippen LogP contribution is 2.42. The molecule has 0 spiro atoms. The molecule has 154 valence electrons. The van der Waals surface area contributed by atoms with Gasteiger partial charge in [-0.3, -0.25) is 9.69 Å².